The third-order valence-corrected chi connectivity index (χ3v) is 9.68. The molecule has 2 rings (SSSR count). The Morgan fingerprint density at radius 1 is 0.750 bits per heavy atom. The van der Waals surface area contributed by atoms with Gasteiger partial charge in [0.2, 0.25) is 12.8 Å². The van der Waals surface area contributed by atoms with Gasteiger partial charge in [-0.2, -0.15) is 0 Å². The van der Waals surface area contributed by atoms with Crippen molar-refractivity contribution in [3.8, 4) is 0 Å². The lowest BCUT2D eigenvalue weighted by molar-refractivity contribution is -0.148. The zero-order valence-corrected chi connectivity index (χ0v) is 30.4. The molecule has 0 atom stereocenters. The van der Waals surface area contributed by atoms with Crippen molar-refractivity contribution < 1.29 is 28.7 Å². The number of carbonyl (C=O) groups excluding carboxylic acids is 4. The van der Waals surface area contributed by atoms with Crippen LogP contribution in [-0.4, -0.2) is 67.7 Å². The highest BCUT2D eigenvalue weighted by Crippen LogP contribution is 2.41. The quantitative estimate of drug-likeness (QED) is 0.116. The molecule has 2 aromatic rings. The SMILES string of the molecule is CC(SSC(C)=C(CCOC(=O)C(C)C)N(C=O)Cc1cnc(C)nc1N)=C(CCOC(=O)C(C)C)N(C=O)Cc1cnc(C)nc1N. The molecule has 2 amide bonds. The predicted molar refractivity (Wildman–Crippen MR) is 187 cm³/mol. The van der Waals surface area contributed by atoms with Gasteiger partial charge < -0.3 is 30.7 Å². The molecule has 262 valence electrons. The Kier molecular flexibility index (Phi) is 16.3. The van der Waals surface area contributed by atoms with E-state index < -0.39 is 0 Å². The van der Waals surface area contributed by atoms with E-state index in [1.165, 1.54) is 31.4 Å². The first-order valence-corrected chi connectivity index (χ1v) is 17.5. The Hall–Kier alpha value is -4.18. The molecular weight excluding hydrogens is 657 g/mol. The van der Waals surface area contributed by atoms with Crippen LogP contribution in [0.25, 0.3) is 0 Å². The monoisotopic (exact) mass is 702 g/mol. The Labute approximate surface area is 289 Å². The number of carbonyl (C=O) groups is 4. The van der Waals surface area contributed by atoms with E-state index in [9.17, 15) is 19.2 Å². The van der Waals surface area contributed by atoms with Gasteiger partial charge in [-0.25, -0.2) is 19.9 Å². The summed E-state index contributed by atoms with van der Waals surface area (Å²) in [5, 5.41) is 0. The number of amides is 2. The minimum Gasteiger partial charge on any atom is -0.465 e. The second-order valence-corrected chi connectivity index (χ2v) is 14.0. The number of esters is 2. The standard InChI is InChI=1S/C32H46N8O6S2/c1-19(2)31(43)45-11-9-27(39(17-41)15-25-13-35-23(7)37-29(25)33)21(5)47-48-22(6)28(10-12-46-32(44)20(3)4)40(18-42)16-26-14-36-24(8)38-30(26)34/h13-14,17-20H,9-12,15-16H2,1-8H3,(H2,33,35,37)(H2,34,36,38). The second kappa shape index (κ2) is 19.6. The van der Waals surface area contributed by atoms with E-state index in [4.69, 9.17) is 20.9 Å². The smallest absolute Gasteiger partial charge is 0.308 e. The van der Waals surface area contributed by atoms with E-state index >= 15 is 0 Å². The molecule has 48 heavy (non-hydrogen) atoms. The lowest BCUT2D eigenvalue weighted by Crippen LogP contribution is -2.25. The Morgan fingerprint density at radius 2 is 1.10 bits per heavy atom. The van der Waals surface area contributed by atoms with Crippen molar-refractivity contribution in [1.82, 2.24) is 29.7 Å². The van der Waals surface area contributed by atoms with Crippen molar-refractivity contribution in [2.45, 2.75) is 81.3 Å². The lowest BCUT2D eigenvalue weighted by Gasteiger charge is -2.25. The number of aryl methyl sites for hydroxylation is 2. The zero-order valence-electron chi connectivity index (χ0n) is 28.8. The predicted octanol–water partition coefficient (Wildman–Crippen LogP) is 4.69. The second-order valence-electron chi connectivity index (χ2n) is 11.4. The molecule has 0 aromatic carbocycles. The summed E-state index contributed by atoms with van der Waals surface area (Å²) in [4.78, 5) is 70.5. The van der Waals surface area contributed by atoms with Crippen molar-refractivity contribution >= 4 is 58.0 Å². The summed E-state index contributed by atoms with van der Waals surface area (Å²) in [6.07, 6.45) is 5.02. The van der Waals surface area contributed by atoms with E-state index in [0.29, 0.717) is 47.0 Å². The average Bonchev–Trinajstić information content (AvgIpc) is 3.03. The lowest BCUT2D eigenvalue weighted by atomic mass is 10.2. The number of nitrogens with zero attached hydrogens (tertiary/aromatic N) is 6. The van der Waals surface area contributed by atoms with Crippen LogP contribution in [0.2, 0.25) is 0 Å². The molecule has 4 N–H and O–H groups in total. The Balaban J connectivity index is 2.45. The van der Waals surface area contributed by atoms with Crippen LogP contribution in [0.5, 0.6) is 0 Å². The van der Waals surface area contributed by atoms with Crippen molar-refractivity contribution in [2.24, 2.45) is 11.8 Å². The zero-order chi connectivity index (χ0) is 36.0. The summed E-state index contributed by atoms with van der Waals surface area (Å²) in [5.74, 6) is 0.230. The Bertz CT molecular complexity index is 1400. The molecule has 0 aliphatic rings. The van der Waals surface area contributed by atoms with Gasteiger partial charge in [0, 0.05) is 57.6 Å². The average molecular weight is 703 g/mol. The number of nitrogens with two attached hydrogens (primary N) is 2. The van der Waals surface area contributed by atoms with Gasteiger partial charge in [0.1, 0.15) is 23.3 Å². The van der Waals surface area contributed by atoms with E-state index in [-0.39, 0.29) is 74.6 Å². The number of aromatic nitrogens is 4. The summed E-state index contributed by atoms with van der Waals surface area (Å²) in [6, 6.07) is 0. The number of nitrogen functional groups attached to an aromatic ring is 2. The normalized spacial score (nSPS) is 12.3. The first-order valence-electron chi connectivity index (χ1n) is 15.3. The molecule has 0 saturated carbocycles. The molecule has 0 saturated heterocycles. The van der Waals surface area contributed by atoms with Gasteiger partial charge in [-0.05, 0) is 27.7 Å². The highest BCUT2D eigenvalue weighted by Gasteiger charge is 2.20. The number of hydrogen-bond donors (Lipinski definition) is 2. The number of rotatable bonds is 19. The van der Waals surface area contributed by atoms with Crippen molar-refractivity contribution in [2.75, 3.05) is 24.7 Å². The maximum absolute atomic E-state index is 12.4. The van der Waals surface area contributed by atoms with Gasteiger partial charge in [-0.3, -0.25) is 19.2 Å². The number of ether oxygens (including phenoxy) is 2. The summed E-state index contributed by atoms with van der Waals surface area (Å²) in [6.45, 7) is 14.4. The molecule has 2 aromatic heterocycles. The molecule has 14 nitrogen and oxygen atoms in total. The van der Waals surface area contributed by atoms with Crippen LogP contribution in [0.15, 0.2) is 33.6 Å². The highest BCUT2D eigenvalue weighted by molar-refractivity contribution is 8.79. The van der Waals surface area contributed by atoms with Crippen molar-refractivity contribution in [1.29, 1.82) is 0 Å². The third-order valence-electron chi connectivity index (χ3n) is 6.88. The van der Waals surface area contributed by atoms with Crippen LogP contribution in [0.4, 0.5) is 11.6 Å². The summed E-state index contributed by atoms with van der Waals surface area (Å²) >= 11 is 0. The molecular formula is C32H46N8O6S2. The van der Waals surface area contributed by atoms with Crippen LogP contribution in [0.1, 0.15) is 77.2 Å². The number of allylic oxidation sites excluding steroid dienone is 2. The molecule has 0 aliphatic heterocycles. The number of anilines is 2. The van der Waals surface area contributed by atoms with E-state index in [0.717, 1.165) is 9.81 Å². The largest absolute Gasteiger partial charge is 0.465 e. The first-order chi connectivity index (χ1) is 22.7. The molecule has 2 heterocycles. The number of hydrogen-bond acceptors (Lipinski definition) is 14. The van der Waals surface area contributed by atoms with Crippen LogP contribution < -0.4 is 11.5 Å². The molecule has 0 aliphatic carbocycles. The minimum atomic E-state index is -0.349. The highest BCUT2D eigenvalue weighted by atomic mass is 33.1. The van der Waals surface area contributed by atoms with Gasteiger partial charge in [0.25, 0.3) is 0 Å². The molecule has 0 fully saturated rings. The minimum absolute atomic E-state index is 0.0549. The molecule has 0 unspecified atom stereocenters. The van der Waals surface area contributed by atoms with Crippen LogP contribution >= 0.6 is 21.6 Å². The summed E-state index contributed by atoms with van der Waals surface area (Å²) < 4.78 is 10.9. The molecule has 0 spiro atoms. The van der Waals surface area contributed by atoms with Crippen LogP contribution in [0.3, 0.4) is 0 Å². The van der Waals surface area contributed by atoms with Crippen LogP contribution in [0, 0.1) is 25.7 Å². The fourth-order valence-corrected chi connectivity index (χ4v) is 6.33. The van der Waals surface area contributed by atoms with E-state index in [1.54, 1.807) is 53.9 Å². The van der Waals surface area contributed by atoms with E-state index in [2.05, 4.69) is 19.9 Å². The van der Waals surface area contributed by atoms with Gasteiger partial charge in [0.15, 0.2) is 0 Å². The maximum Gasteiger partial charge on any atom is 0.308 e. The summed E-state index contributed by atoms with van der Waals surface area (Å²) in [7, 11) is 2.73. The Morgan fingerprint density at radius 3 is 1.40 bits per heavy atom. The van der Waals surface area contributed by atoms with Gasteiger partial charge in [0.05, 0.1) is 38.1 Å². The summed E-state index contributed by atoms with van der Waals surface area (Å²) in [5.41, 5.74) is 14.6. The van der Waals surface area contributed by atoms with Gasteiger partial charge >= 0.3 is 11.9 Å². The third kappa shape index (κ3) is 12.4. The molecule has 16 heteroatoms. The van der Waals surface area contributed by atoms with Crippen LogP contribution in [-0.2, 0) is 41.7 Å². The topological polar surface area (TPSA) is 197 Å². The maximum atomic E-state index is 12.4. The van der Waals surface area contributed by atoms with Crippen molar-refractivity contribution in [3.63, 3.8) is 0 Å². The first kappa shape index (κ1) is 40.0. The van der Waals surface area contributed by atoms with E-state index in [1.807, 2.05) is 13.8 Å². The fraction of sp³-hybridized carbons (Fsp3) is 0.500. The van der Waals surface area contributed by atoms with Gasteiger partial charge in [-0.15, -0.1) is 0 Å². The van der Waals surface area contributed by atoms with Gasteiger partial charge in [-0.1, -0.05) is 49.3 Å². The molecule has 0 radical (unpaired) electrons. The fourth-order valence-electron chi connectivity index (χ4n) is 4.12. The van der Waals surface area contributed by atoms with Crippen molar-refractivity contribution in [3.05, 3.63) is 56.4 Å². The molecule has 0 bridgehead atoms.